The SMILES string of the molecule is COC(=O)c1ccccc1N1C(N)=NC(N)=NC12CCCCC2. The molecule has 0 saturated heterocycles. The lowest BCUT2D eigenvalue weighted by Crippen LogP contribution is -2.58. The molecule has 0 unspecified atom stereocenters. The van der Waals surface area contributed by atoms with Crippen LogP contribution in [0.25, 0.3) is 0 Å². The molecule has 0 atom stereocenters. The Morgan fingerprint density at radius 2 is 1.91 bits per heavy atom. The Hall–Kier alpha value is -2.57. The number of hydrogen-bond donors (Lipinski definition) is 2. The van der Waals surface area contributed by atoms with Gasteiger partial charge in [-0.1, -0.05) is 18.6 Å². The number of anilines is 1. The molecule has 4 N–H and O–H groups in total. The third kappa shape index (κ3) is 2.62. The van der Waals surface area contributed by atoms with Gasteiger partial charge >= 0.3 is 5.97 Å². The van der Waals surface area contributed by atoms with Crippen LogP contribution in [0.3, 0.4) is 0 Å². The maximum absolute atomic E-state index is 12.1. The van der Waals surface area contributed by atoms with Gasteiger partial charge in [-0.2, -0.15) is 4.99 Å². The first-order valence-electron chi connectivity index (χ1n) is 7.74. The fraction of sp³-hybridized carbons (Fsp3) is 0.438. The minimum absolute atomic E-state index is 0.191. The minimum atomic E-state index is -0.571. The fourth-order valence-electron chi connectivity index (χ4n) is 3.42. The van der Waals surface area contributed by atoms with Gasteiger partial charge in [-0.25, -0.2) is 9.79 Å². The molecule has 3 rings (SSSR count). The summed E-state index contributed by atoms with van der Waals surface area (Å²) in [7, 11) is 1.36. The van der Waals surface area contributed by atoms with E-state index in [9.17, 15) is 4.79 Å². The van der Waals surface area contributed by atoms with Gasteiger partial charge in [-0.15, -0.1) is 0 Å². The summed E-state index contributed by atoms with van der Waals surface area (Å²) in [6.07, 6.45) is 4.85. The van der Waals surface area contributed by atoms with Crippen molar-refractivity contribution in [2.24, 2.45) is 21.5 Å². The van der Waals surface area contributed by atoms with E-state index in [0.717, 1.165) is 32.1 Å². The molecule has 7 heteroatoms. The first-order chi connectivity index (χ1) is 11.1. The van der Waals surface area contributed by atoms with Crippen LogP contribution in [0.2, 0.25) is 0 Å². The van der Waals surface area contributed by atoms with Gasteiger partial charge in [0.1, 0.15) is 5.66 Å². The average Bonchev–Trinajstić information content (AvgIpc) is 2.54. The van der Waals surface area contributed by atoms with Crippen molar-refractivity contribution in [3.63, 3.8) is 0 Å². The Kier molecular flexibility index (Phi) is 3.94. The largest absolute Gasteiger partial charge is 0.465 e. The second-order valence-corrected chi connectivity index (χ2v) is 5.83. The highest BCUT2D eigenvalue weighted by atomic mass is 16.5. The monoisotopic (exact) mass is 315 g/mol. The summed E-state index contributed by atoms with van der Waals surface area (Å²) < 4.78 is 4.89. The molecular weight excluding hydrogens is 294 g/mol. The molecule has 1 aliphatic carbocycles. The highest BCUT2D eigenvalue weighted by Crippen LogP contribution is 2.40. The summed E-state index contributed by atoms with van der Waals surface area (Å²) in [5.41, 5.74) is 12.6. The molecule has 0 radical (unpaired) electrons. The van der Waals surface area contributed by atoms with Gasteiger partial charge in [0, 0.05) is 0 Å². The summed E-state index contributed by atoms with van der Waals surface area (Å²) in [5.74, 6) is 0.0360. The zero-order valence-electron chi connectivity index (χ0n) is 13.2. The van der Waals surface area contributed by atoms with Gasteiger partial charge in [0.05, 0.1) is 18.4 Å². The van der Waals surface area contributed by atoms with E-state index in [-0.39, 0.29) is 11.9 Å². The predicted molar refractivity (Wildman–Crippen MR) is 89.3 cm³/mol. The lowest BCUT2D eigenvalue weighted by Gasteiger charge is -2.46. The van der Waals surface area contributed by atoms with Gasteiger partial charge < -0.3 is 16.2 Å². The fourth-order valence-corrected chi connectivity index (χ4v) is 3.42. The van der Waals surface area contributed by atoms with Crippen LogP contribution in [-0.2, 0) is 4.74 Å². The molecular formula is C16H21N5O2. The van der Waals surface area contributed by atoms with Gasteiger partial charge in [0.15, 0.2) is 0 Å². The molecule has 1 aromatic carbocycles. The first kappa shape index (κ1) is 15.3. The Morgan fingerprint density at radius 1 is 1.22 bits per heavy atom. The zero-order chi connectivity index (χ0) is 16.4. The Balaban J connectivity index is 2.13. The van der Waals surface area contributed by atoms with E-state index in [1.165, 1.54) is 7.11 Å². The van der Waals surface area contributed by atoms with Crippen LogP contribution in [0, 0.1) is 0 Å². The molecule has 0 bridgehead atoms. The van der Waals surface area contributed by atoms with Crippen LogP contribution >= 0.6 is 0 Å². The number of benzene rings is 1. The molecule has 23 heavy (non-hydrogen) atoms. The van der Waals surface area contributed by atoms with Crippen LogP contribution in [-0.4, -0.2) is 30.7 Å². The van der Waals surface area contributed by atoms with Gasteiger partial charge in [-0.05, 0) is 37.8 Å². The number of carbonyl (C=O) groups excluding carboxylic acids is 1. The normalized spacial score (nSPS) is 20.0. The maximum atomic E-state index is 12.1. The van der Waals surface area contributed by atoms with Crippen LogP contribution in [0.5, 0.6) is 0 Å². The lowest BCUT2D eigenvalue weighted by molar-refractivity contribution is 0.0601. The standard InChI is InChI=1S/C16H21N5O2/c1-23-13(22)11-7-3-4-8-12(11)21-15(18)19-14(17)20-16(21)9-5-2-6-10-16/h3-4,7-8H,2,5-6,9-10H2,1H3,(H4,17,18,19,20). The number of guanidine groups is 2. The van der Waals surface area contributed by atoms with E-state index in [2.05, 4.69) is 9.98 Å². The van der Waals surface area contributed by atoms with Crippen molar-refractivity contribution >= 4 is 23.6 Å². The van der Waals surface area contributed by atoms with E-state index < -0.39 is 11.6 Å². The van der Waals surface area contributed by atoms with Crippen LogP contribution in [0.4, 0.5) is 5.69 Å². The summed E-state index contributed by atoms with van der Waals surface area (Å²) >= 11 is 0. The molecule has 1 spiro atoms. The van der Waals surface area contributed by atoms with Crippen molar-refractivity contribution in [1.29, 1.82) is 0 Å². The number of nitrogens with two attached hydrogens (primary N) is 2. The van der Waals surface area contributed by atoms with Crippen molar-refractivity contribution in [3.8, 4) is 0 Å². The van der Waals surface area contributed by atoms with Crippen molar-refractivity contribution in [1.82, 2.24) is 0 Å². The number of nitrogens with zero attached hydrogens (tertiary/aromatic N) is 3. The number of ether oxygens (including phenoxy) is 1. The first-order valence-corrected chi connectivity index (χ1v) is 7.74. The molecule has 1 aliphatic heterocycles. The van der Waals surface area contributed by atoms with E-state index in [1.807, 2.05) is 17.0 Å². The number of esters is 1. The summed E-state index contributed by atoms with van der Waals surface area (Å²) in [6.45, 7) is 0. The van der Waals surface area contributed by atoms with E-state index in [0.29, 0.717) is 11.3 Å². The van der Waals surface area contributed by atoms with Gasteiger partial charge in [0.25, 0.3) is 0 Å². The molecule has 1 fully saturated rings. The maximum Gasteiger partial charge on any atom is 0.339 e. The second-order valence-electron chi connectivity index (χ2n) is 5.83. The third-order valence-electron chi connectivity index (χ3n) is 4.40. The van der Waals surface area contributed by atoms with E-state index >= 15 is 0 Å². The molecule has 7 nitrogen and oxygen atoms in total. The van der Waals surface area contributed by atoms with Crippen molar-refractivity contribution in [3.05, 3.63) is 29.8 Å². The lowest BCUT2D eigenvalue weighted by atomic mass is 9.87. The second kappa shape index (κ2) is 5.91. The van der Waals surface area contributed by atoms with E-state index in [1.54, 1.807) is 12.1 Å². The summed E-state index contributed by atoms with van der Waals surface area (Å²) in [5, 5.41) is 0. The third-order valence-corrected chi connectivity index (χ3v) is 4.40. The predicted octanol–water partition coefficient (Wildman–Crippen LogP) is 1.58. The molecule has 2 aliphatic rings. The minimum Gasteiger partial charge on any atom is -0.465 e. The number of para-hydroxylation sites is 1. The number of methoxy groups -OCH3 is 1. The van der Waals surface area contributed by atoms with Crippen molar-refractivity contribution in [2.45, 2.75) is 37.8 Å². The number of carbonyl (C=O) groups is 1. The van der Waals surface area contributed by atoms with Crippen LogP contribution in [0.15, 0.2) is 34.3 Å². The average molecular weight is 315 g/mol. The topological polar surface area (TPSA) is 106 Å². The molecule has 0 amide bonds. The Labute approximate surface area is 135 Å². The van der Waals surface area contributed by atoms with Crippen LogP contribution < -0.4 is 16.4 Å². The number of aliphatic imine (C=N–C) groups is 2. The number of rotatable bonds is 2. The highest BCUT2D eigenvalue weighted by Gasteiger charge is 2.43. The zero-order valence-corrected chi connectivity index (χ0v) is 13.2. The van der Waals surface area contributed by atoms with Gasteiger partial charge in [-0.3, -0.25) is 4.90 Å². The molecule has 1 saturated carbocycles. The molecule has 1 heterocycles. The van der Waals surface area contributed by atoms with E-state index in [4.69, 9.17) is 16.2 Å². The van der Waals surface area contributed by atoms with Gasteiger partial charge in [0.2, 0.25) is 11.9 Å². The molecule has 0 aromatic heterocycles. The van der Waals surface area contributed by atoms with Crippen LogP contribution in [0.1, 0.15) is 42.5 Å². The molecule has 122 valence electrons. The van der Waals surface area contributed by atoms with Crippen molar-refractivity contribution in [2.75, 3.05) is 12.0 Å². The molecule has 1 aromatic rings. The summed E-state index contributed by atoms with van der Waals surface area (Å²) in [6, 6.07) is 7.19. The quantitative estimate of drug-likeness (QED) is 0.806. The Morgan fingerprint density at radius 3 is 2.61 bits per heavy atom. The number of hydrogen-bond acceptors (Lipinski definition) is 7. The summed E-state index contributed by atoms with van der Waals surface area (Å²) in [4.78, 5) is 22.7. The smallest absolute Gasteiger partial charge is 0.339 e. The Bertz CT molecular complexity index is 677. The van der Waals surface area contributed by atoms with Crippen molar-refractivity contribution < 1.29 is 9.53 Å². The highest BCUT2D eigenvalue weighted by molar-refractivity contribution is 6.09.